The lowest BCUT2D eigenvalue weighted by molar-refractivity contribution is -0.114. The lowest BCUT2D eigenvalue weighted by atomic mass is 10.2. The molecule has 0 saturated carbocycles. The van der Waals surface area contributed by atoms with Crippen molar-refractivity contribution in [3.8, 4) is 0 Å². The Morgan fingerprint density at radius 3 is 2.78 bits per heavy atom. The highest BCUT2D eigenvalue weighted by atomic mass is 79.9. The summed E-state index contributed by atoms with van der Waals surface area (Å²) < 4.78 is 8.90. The molecule has 0 bridgehead atoms. The number of methoxy groups -OCH3 is 1. The Bertz CT molecular complexity index is 1070. The van der Waals surface area contributed by atoms with Crippen molar-refractivity contribution < 1.29 is 14.3 Å². The number of rotatable bonds is 5. The molecular weight excluding hydrogens is 430 g/mol. The molecule has 3 rings (SSSR count). The molecule has 0 fully saturated rings. The minimum absolute atomic E-state index is 0.132. The summed E-state index contributed by atoms with van der Waals surface area (Å²) in [6.07, 6.45) is 0. The third-order valence-corrected chi connectivity index (χ3v) is 5.33. The van der Waals surface area contributed by atoms with Gasteiger partial charge in [-0.1, -0.05) is 33.3 Å². The van der Waals surface area contributed by atoms with Crippen LogP contribution in [0.3, 0.4) is 0 Å². The standard InChI is InChI=1S/C19H18BrN3O3S/c1-12(24)21-15-6-7-16-17(11-15)27-19(23(16)8-9-26-2)22-18(25)13-4-3-5-14(20)10-13/h3-7,10-11H,8-9H2,1-2H3,(H,21,24). The van der Waals surface area contributed by atoms with E-state index >= 15 is 0 Å². The van der Waals surface area contributed by atoms with Crippen molar-refractivity contribution in [2.75, 3.05) is 19.0 Å². The van der Waals surface area contributed by atoms with Crippen LogP contribution in [0.5, 0.6) is 0 Å². The Morgan fingerprint density at radius 2 is 2.07 bits per heavy atom. The summed E-state index contributed by atoms with van der Waals surface area (Å²) in [5.41, 5.74) is 2.16. The smallest absolute Gasteiger partial charge is 0.279 e. The van der Waals surface area contributed by atoms with Crippen LogP contribution < -0.4 is 10.1 Å². The van der Waals surface area contributed by atoms with Gasteiger partial charge < -0.3 is 14.6 Å². The Balaban J connectivity index is 2.09. The lowest BCUT2D eigenvalue weighted by Crippen LogP contribution is -2.19. The van der Waals surface area contributed by atoms with Crippen LogP contribution in [0.1, 0.15) is 17.3 Å². The first kappa shape index (κ1) is 19.5. The number of thiazole rings is 1. The summed E-state index contributed by atoms with van der Waals surface area (Å²) in [5, 5.41) is 2.77. The van der Waals surface area contributed by atoms with Crippen LogP contribution in [0.4, 0.5) is 5.69 Å². The van der Waals surface area contributed by atoms with E-state index in [1.54, 1.807) is 25.3 Å². The number of hydrogen-bond donors (Lipinski definition) is 1. The zero-order valence-corrected chi connectivity index (χ0v) is 17.3. The normalized spacial score (nSPS) is 11.7. The van der Waals surface area contributed by atoms with E-state index in [9.17, 15) is 9.59 Å². The number of halogens is 1. The summed E-state index contributed by atoms with van der Waals surface area (Å²) in [7, 11) is 1.63. The second kappa shape index (κ2) is 8.60. The van der Waals surface area contributed by atoms with Crippen molar-refractivity contribution in [2.24, 2.45) is 4.99 Å². The molecular formula is C19H18BrN3O3S. The molecule has 0 unspecified atom stereocenters. The van der Waals surface area contributed by atoms with Gasteiger partial charge in [-0.25, -0.2) is 0 Å². The molecule has 0 aliphatic rings. The van der Waals surface area contributed by atoms with E-state index in [2.05, 4.69) is 26.2 Å². The number of aromatic nitrogens is 1. The maximum Gasteiger partial charge on any atom is 0.279 e. The number of carbonyl (C=O) groups excluding carboxylic acids is 2. The van der Waals surface area contributed by atoms with Crippen LogP contribution in [0, 0.1) is 0 Å². The maximum atomic E-state index is 12.6. The van der Waals surface area contributed by atoms with E-state index < -0.39 is 0 Å². The molecule has 0 aliphatic heterocycles. The zero-order valence-electron chi connectivity index (χ0n) is 14.9. The molecule has 2 aromatic carbocycles. The Morgan fingerprint density at radius 1 is 1.26 bits per heavy atom. The number of carbonyl (C=O) groups is 2. The molecule has 0 spiro atoms. The Kier molecular flexibility index (Phi) is 6.20. The molecule has 2 amide bonds. The summed E-state index contributed by atoms with van der Waals surface area (Å²) in [6, 6.07) is 12.8. The summed E-state index contributed by atoms with van der Waals surface area (Å²) in [6.45, 7) is 2.53. The number of anilines is 1. The van der Waals surface area contributed by atoms with Gasteiger partial charge in [-0.3, -0.25) is 9.59 Å². The van der Waals surface area contributed by atoms with E-state index in [-0.39, 0.29) is 11.8 Å². The number of fused-ring (bicyclic) bond motifs is 1. The first-order valence-corrected chi connectivity index (χ1v) is 9.83. The van der Waals surface area contributed by atoms with Gasteiger partial charge in [-0.05, 0) is 36.4 Å². The molecule has 1 heterocycles. The first-order chi connectivity index (χ1) is 13.0. The van der Waals surface area contributed by atoms with E-state index in [1.807, 2.05) is 28.8 Å². The van der Waals surface area contributed by atoms with E-state index in [0.717, 1.165) is 14.7 Å². The molecule has 0 aliphatic carbocycles. The minimum Gasteiger partial charge on any atom is -0.383 e. The van der Waals surface area contributed by atoms with Crippen LogP contribution >= 0.6 is 27.3 Å². The Hall–Kier alpha value is -2.29. The van der Waals surface area contributed by atoms with Crippen molar-refractivity contribution in [1.29, 1.82) is 0 Å². The number of benzene rings is 2. The highest BCUT2D eigenvalue weighted by Gasteiger charge is 2.10. The van der Waals surface area contributed by atoms with Crippen molar-refractivity contribution in [1.82, 2.24) is 4.57 Å². The molecule has 0 saturated heterocycles. The lowest BCUT2D eigenvalue weighted by Gasteiger charge is -2.05. The van der Waals surface area contributed by atoms with Crippen molar-refractivity contribution in [3.05, 3.63) is 57.3 Å². The van der Waals surface area contributed by atoms with Crippen LogP contribution in [0.15, 0.2) is 51.9 Å². The number of nitrogens with one attached hydrogen (secondary N) is 1. The molecule has 6 nitrogen and oxygen atoms in total. The number of nitrogens with zero attached hydrogens (tertiary/aromatic N) is 2. The average Bonchev–Trinajstić information content (AvgIpc) is 2.95. The quantitative estimate of drug-likeness (QED) is 0.645. The van der Waals surface area contributed by atoms with Gasteiger partial charge in [0.15, 0.2) is 4.80 Å². The zero-order chi connectivity index (χ0) is 19.4. The topological polar surface area (TPSA) is 72.7 Å². The van der Waals surface area contributed by atoms with Gasteiger partial charge >= 0.3 is 0 Å². The number of ether oxygens (including phenoxy) is 1. The fourth-order valence-electron chi connectivity index (χ4n) is 2.61. The van der Waals surface area contributed by atoms with Crippen LogP contribution in [0.25, 0.3) is 10.2 Å². The molecule has 1 N–H and O–H groups in total. The monoisotopic (exact) mass is 447 g/mol. The largest absolute Gasteiger partial charge is 0.383 e. The third-order valence-electron chi connectivity index (χ3n) is 3.79. The Labute approximate surface area is 168 Å². The van der Waals surface area contributed by atoms with Gasteiger partial charge in [0, 0.05) is 36.3 Å². The molecule has 0 radical (unpaired) electrons. The van der Waals surface area contributed by atoms with Crippen molar-refractivity contribution in [3.63, 3.8) is 0 Å². The van der Waals surface area contributed by atoms with E-state index in [1.165, 1.54) is 18.3 Å². The predicted molar refractivity (Wildman–Crippen MR) is 110 cm³/mol. The van der Waals surface area contributed by atoms with E-state index in [4.69, 9.17) is 4.74 Å². The van der Waals surface area contributed by atoms with Crippen LogP contribution in [0.2, 0.25) is 0 Å². The fourth-order valence-corrected chi connectivity index (χ4v) is 4.10. The number of amides is 2. The molecule has 1 aromatic heterocycles. The second-order valence-electron chi connectivity index (χ2n) is 5.82. The summed E-state index contributed by atoms with van der Waals surface area (Å²) in [5.74, 6) is -0.441. The summed E-state index contributed by atoms with van der Waals surface area (Å²) >= 11 is 4.77. The molecule has 3 aromatic rings. The van der Waals surface area contributed by atoms with Gasteiger partial charge in [-0.15, -0.1) is 0 Å². The highest BCUT2D eigenvalue weighted by molar-refractivity contribution is 9.10. The van der Waals surface area contributed by atoms with Gasteiger partial charge in [0.05, 0.1) is 16.8 Å². The third kappa shape index (κ3) is 4.71. The second-order valence-corrected chi connectivity index (χ2v) is 7.74. The highest BCUT2D eigenvalue weighted by Crippen LogP contribution is 2.22. The first-order valence-electron chi connectivity index (χ1n) is 8.22. The van der Waals surface area contributed by atoms with Gasteiger partial charge in [0.25, 0.3) is 5.91 Å². The number of hydrogen-bond acceptors (Lipinski definition) is 4. The average molecular weight is 448 g/mol. The van der Waals surface area contributed by atoms with Crippen molar-refractivity contribution >= 4 is 55.0 Å². The molecule has 8 heteroatoms. The van der Waals surface area contributed by atoms with Gasteiger partial charge in [-0.2, -0.15) is 4.99 Å². The predicted octanol–water partition coefficient (Wildman–Crippen LogP) is 3.81. The van der Waals surface area contributed by atoms with E-state index in [0.29, 0.717) is 29.2 Å². The van der Waals surface area contributed by atoms with Gasteiger partial charge in [0.2, 0.25) is 5.91 Å². The molecule has 0 atom stereocenters. The fraction of sp³-hybridized carbons (Fsp3) is 0.211. The summed E-state index contributed by atoms with van der Waals surface area (Å²) in [4.78, 5) is 28.8. The van der Waals surface area contributed by atoms with Crippen LogP contribution in [-0.2, 0) is 16.1 Å². The molecule has 27 heavy (non-hydrogen) atoms. The minimum atomic E-state index is -0.309. The van der Waals surface area contributed by atoms with Crippen LogP contribution in [-0.4, -0.2) is 30.1 Å². The maximum absolute atomic E-state index is 12.6. The molecule has 140 valence electrons. The van der Waals surface area contributed by atoms with Gasteiger partial charge in [0.1, 0.15) is 0 Å². The van der Waals surface area contributed by atoms with Crippen molar-refractivity contribution in [2.45, 2.75) is 13.5 Å². The SMILES string of the molecule is COCCn1c(=NC(=O)c2cccc(Br)c2)sc2cc(NC(C)=O)ccc21.